The summed E-state index contributed by atoms with van der Waals surface area (Å²) >= 11 is 0. The van der Waals surface area contributed by atoms with Crippen molar-refractivity contribution in [1.82, 2.24) is 0 Å². The third-order valence-electron chi connectivity index (χ3n) is 1.57. The lowest BCUT2D eigenvalue weighted by atomic mass is 10.2. The summed E-state index contributed by atoms with van der Waals surface area (Å²) < 4.78 is 5.24. The average Bonchev–Trinajstić information content (AvgIpc) is 2.09. The molecule has 0 aliphatic heterocycles. The summed E-state index contributed by atoms with van der Waals surface area (Å²) in [7, 11) is 0. The van der Waals surface area contributed by atoms with Gasteiger partial charge in [-0.2, -0.15) is 0 Å². The van der Waals surface area contributed by atoms with Gasteiger partial charge in [0.15, 0.2) is 0 Å². The zero-order valence-corrected chi connectivity index (χ0v) is 7.29. The van der Waals surface area contributed by atoms with Crippen LogP contribution in [-0.2, 0) is 0 Å². The van der Waals surface area contributed by atoms with Crippen LogP contribution in [0.4, 0.5) is 17.1 Å². The molecule has 1 rings (SSSR count). The minimum Gasteiger partial charge on any atom is -0.490 e. The van der Waals surface area contributed by atoms with Crippen LogP contribution in [0.1, 0.15) is 0 Å². The number of anilines is 3. The van der Waals surface area contributed by atoms with Gasteiger partial charge in [0.1, 0.15) is 12.4 Å². The Kier molecular flexibility index (Phi) is 2.81. The zero-order valence-electron chi connectivity index (χ0n) is 7.29. The Morgan fingerprint density at radius 2 is 1.85 bits per heavy atom. The summed E-state index contributed by atoms with van der Waals surface area (Å²) in [6.07, 6.45) is 0. The molecule has 0 aliphatic carbocycles. The lowest BCUT2D eigenvalue weighted by molar-refractivity contribution is 0.330. The molecule has 0 radical (unpaired) electrons. The maximum absolute atomic E-state index is 5.65. The molecule has 5 heteroatoms. The van der Waals surface area contributed by atoms with Crippen LogP contribution in [-0.4, -0.2) is 13.2 Å². The van der Waals surface area contributed by atoms with Gasteiger partial charge in [-0.3, -0.25) is 0 Å². The molecular formula is C8H14N4O. The van der Waals surface area contributed by atoms with E-state index in [-0.39, 0.29) is 0 Å². The molecule has 0 heterocycles. The van der Waals surface area contributed by atoms with E-state index in [1.807, 2.05) is 0 Å². The van der Waals surface area contributed by atoms with Crippen molar-refractivity contribution >= 4 is 17.1 Å². The van der Waals surface area contributed by atoms with Crippen LogP contribution in [0.2, 0.25) is 0 Å². The van der Waals surface area contributed by atoms with Gasteiger partial charge in [0.2, 0.25) is 0 Å². The van der Waals surface area contributed by atoms with Gasteiger partial charge in [-0.25, -0.2) is 0 Å². The fraction of sp³-hybridized carbons (Fsp3) is 0.250. The van der Waals surface area contributed by atoms with Crippen molar-refractivity contribution in [2.75, 3.05) is 30.4 Å². The van der Waals surface area contributed by atoms with E-state index in [9.17, 15) is 0 Å². The molecule has 0 aromatic heterocycles. The SMILES string of the molecule is NCCOc1cc(N)cc(N)c1N. The molecule has 72 valence electrons. The first kappa shape index (κ1) is 9.47. The molecule has 8 N–H and O–H groups in total. The summed E-state index contributed by atoms with van der Waals surface area (Å²) in [5, 5.41) is 0. The molecular weight excluding hydrogens is 168 g/mol. The highest BCUT2D eigenvalue weighted by atomic mass is 16.5. The summed E-state index contributed by atoms with van der Waals surface area (Å²) in [6, 6.07) is 3.21. The van der Waals surface area contributed by atoms with Gasteiger partial charge in [0.25, 0.3) is 0 Å². The van der Waals surface area contributed by atoms with Gasteiger partial charge >= 0.3 is 0 Å². The Labute approximate surface area is 76.6 Å². The van der Waals surface area contributed by atoms with Crippen molar-refractivity contribution < 1.29 is 4.74 Å². The first-order chi connectivity index (χ1) is 6.15. The Hall–Kier alpha value is -1.62. The fourth-order valence-corrected chi connectivity index (χ4v) is 0.959. The molecule has 1 aromatic rings. The summed E-state index contributed by atoms with van der Waals surface area (Å²) in [5.74, 6) is 0.489. The largest absolute Gasteiger partial charge is 0.490 e. The molecule has 1 aromatic carbocycles. The highest BCUT2D eigenvalue weighted by molar-refractivity contribution is 5.75. The quantitative estimate of drug-likeness (QED) is 0.482. The summed E-state index contributed by atoms with van der Waals surface area (Å²) in [6.45, 7) is 0.821. The molecule has 0 atom stereocenters. The van der Waals surface area contributed by atoms with E-state index in [0.717, 1.165) is 0 Å². The van der Waals surface area contributed by atoms with Crippen molar-refractivity contribution in [3.8, 4) is 5.75 Å². The van der Waals surface area contributed by atoms with Crippen LogP contribution in [0.15, 0.2) is 12.1 Å². The standard InChI is InChI=1S/C8H14N4O/c9-1-2-13-7-4-5(10)3-6(11)8(7)12/h3-4H,1-2,9-12H2. The van der Waals surface area contributed by atoms with Gasteiger partial charge in [0, 0.05) is 18.3 Å². The smallest absolute Gasteiger partial charge is 0.146 e. The molecule has 0 fully saturated rings. The van der Waals surface area contributed by atoms with E-state index in [2.05, 4.69) is 0 Å². The van der Waals surface area contributed by atoms with Crippen LogP contribution in [0.3, 0.4) is 0 Å². The first-order valence-corrected chi connectivity index (χ1v) is 3.92. The van der Waals surface area contributed by atoms with Crippen molar-refractivity contribution in [3.63, 3.8) is 0 Å². The maximum Gasteiger partial charge on any atom is 0.146 e. The molecule has 0 aliphatic rings. The number of ether oxygens (including phenoxy) is 1. The van der Waals surface area contributed by atoms with E-state index in [4.69, 9.17) is 27.7 Å². The molecule has 5 nitrogen and oxygen atoms in total. The first-order valence-electron chi connectivity index (χ1n) is 3.92. The van der Waals surface area contributed by atoms with E-state index in [1.165, 1.54) is 0 Å². The Bertz CT molecular complexity index is 300. The normalized spacial score (nSPS) is 9.92. The van der Waals surface area contributed by atoms with Crippen LogP contribution < -0.4 is 27.7 Å². The molecule has 0 bridgehead atoms. The van der Waals surface area contributed by atoms with Gasteiger partial charge in [-0.15, -0.1) is 0 Å². The van der Waals surface area contributed by atoms with E-state index < -0.39 is 0 Å². The molecule has 13 heavy (non-hydrogen) atoms. The minimum absolute atomic E-state index is 0.396. The van der Waals surface area contributed by atoms with Gasteiger partial charge in [-0.1, -0.05) is 0 Å². The van der Waals surface area contributed by atoms with Crippen molar-refractivity contribution in [2.45, 2.75) is 0 Å². The van der Waals surface area contributed by atoms with Crippen LogP contribution in [0.5, 0.6) is 5.75 Å². The Balaban J connectivity index is 2.92. The number of hydrogen-bond acceptors (Lipinski definition) is 5. The zero-order chi connectivity index (χ0) is 9.84. The maximum atomic E-state index is 5.65. The number of nitrogens with two attached hydrogens (primary N) is 4. The Morgan fingerprint density at radius 1 is 1.15 bits per heavy atom. The van der Waals surface area contributed by atoms with Crippen LogP contribution in [0, 0.1) is 0 Å². The molecule has 0 saturated heterocycles. The Morgan fingerprint density at radius 3 is 2.46 bits per heavy atom. The molecule has 0 amide bonds. The fourth-order valence-electron chi connectivity index (χ4n) is 0.959. The lowest BCUT2D eigenvalue weighted by Crippen LogP contribution is -2.12. The van der Waals surface area contributed by atoms with E-state index in [0.29, 0.717) is 36.0 Å². The number of nitrogen functional groups attached to an aromatic ring is 3. The highest BCUT2D eigenvalue weighted by Crippen LogP contribution is 2.30. The van der Waals surface area contributed by atoms with Crippen molar-refractivity contribution in [2.24, 2.45) is 5.73 Å². The van der Waals surface area contributed by atoms with Crippen molar-refractivity contribution in [1.29, 1.82) is 0 Å². The third kappa shape index (κ3) is 2.16. The molecule has 0 spiro atoms. The van der Waals surface area contributed by atoms with E-state index in [1.54, 1.807) is 12.1 Å². The predicted octanol–water partition coefficient (Wildman–Crippen LogP) is -0.229. The molecule has 0 unspecified atom stereocenters. The van der Waals surface area contributed by atoms with Gasteiger partial charge in [-0.05, 0) is 6.07 Å². The molecule has 0 saturated carbocycles. The predicted molar refractivity (Wildman–Crippen MR) is 54.2 cm³/mol. The minimum atomic E-state index is 0.396. The van der Waals surface area contributed by atoms with Gasteiger partial charge in [0.05, 0.1) is 11.4 Å². The lowest BCUT2D eigenvalue weighted by Gasteiger charge is -2.10. The number of hydrogen-bond donors (Lipinski definition) is 4. The van der Waals surface area contributed by atoms with Crippen LogP contribution >= 0.6 is 0 Å². The second kappa shape index (κ2) is 3.86. The highest BCUT2D eigenvalue weighted by Gasteiger charge is 2.04. The summed E-state index contributed by atoms with van der Waals surface area (Å²) in [4.78, 5) is 0. The monoisotopic (exact) mass is 182 g/mol. The average molecular weight is 182 g/mol. The summed E-state index contributed by atoms with van der Waals surface area (Å²) in [5.41, 5.74) is 23.4. The topological polar surface area (TPSA) is 113 Å². The van der Waals surface area contributed by atoms with Crippen molar-refractivity contribution in [3.05, 3.63) is 12.1 Å². The van der Waals surface area contributed by atoms with Crippen LogP contribution in [0.25, 0.3) is 0 Å². The van der Waals surface area contributed by atoms with Gasteiger partial charge < -0.3 is 27.7 Å². The second-order valence-corrected chi connectivity index (χ2v) is 2.66. The van der Waals surface area contributed by atoms with E-state index >= 15 is 0 Å². The third-order valence-corrected chi connectivity index (χ3v) is 1.57. The number of benzene rings is 1. The number of rotatable bonds is 3. The second-order valence-electron chi connectivity index (χ2n) is 2.66.